The minimum Gasteiger partial charge on any atom is -0.269 e. The molecule has 0 aliphatic carbocycles. The van der Waals surface area contributed by atoms with Crippen LogP contribution in [0.5, 0.6) is 0 Å². The van der Waals surface area contributed by atoms with Gasteiger partial charge in [0, 0.05) is 5.41 Å². The fourth-order valence-electron chi connectivity index (χ4n) is 2.69. The zero-order valence-electron chi connectivity index (χ0n) is 15.3. The Balaban J connectivity index is 1.79. The van der Waals surface area contributed by atoms with Gasteiger partial charge in [-0.25, -0.2) is 18.7 Å². The first-order valence-electron chi connectivity index (χ1n) is 8.49. The van der Waals surface area contributed by atoms with Crippen molar-refractivity contribution in [2.75, 3.05) is 11.9 Å². The van der Waals surface area contributed by atoms with Crippen LogP contribution in [-0.4, -0.2) is 16.6 Å². The van der Waals surface area contributed by atoms with Gasteiger partial charge in [-0.15, -0.1) is 0 Å². The van der Waals surface area contributed by atoms with Crippen molar-refractivity contribution in [2.24, 2.45) is 0 Å². The minimum absolute atomic E-state index is 0.0615. The van der Waals surface area contributed by atoms with Gasteiger partial charge in [0.05, 0.1) is 17.7 Å². The summed E-state index contributed by atoms with van der Waals surface area (Å²) in [5.41, 5.74) is 1.23. The lowest BCUT2D eigenvalue weighted by atomic mass is 9.84. The van der Waals surface area contributed by atoms with Gasteiger partial charge in [-0.1, -0.05) is 41.9 Å². The Hall–Kier alpha value is -3.60. The molecule has 2 N–H and O–H groups in total. The molecule has 3 rings (SSSR count). The molecule has 0 atom stereocenters. The molecule has 0 bridgehead atoms. The number of rotatable bonds is 5. The molecular formula is C20H18F2N5O+. The smallest absolute Gasteiger partial charge is 0.269 e. The largest absolute Gasteiger partial charge is 0.452 e. The number of H-pyrrole nitrogens is 1. The van der Waals surface area contributed by atoms with Crippen LogP contribution in [0.25, 0.3) is 16.1 Å². The average Bonchev–Trinajstić information content (AvgIpc) is 2.67. The highest BCUT2D eigenvalue weighted by molar-refractivity contribution is 5.64. The van der Waals surface area contributed by atoms with E-state index in [0.717, 1.165) is 5.56 Å². The molecule has 2 aromatic carbocycles. The molecule has 0 fully saturated rings. The molecule has 0 aliphatic heterocycles. The Morgan fingerprint density at radius 2 is 1.93 bits per heavy atom. The van der Waals surface area contributed by atoms with Gasteiger partial charge in [0.25, 0.3) is 0 Å². The number of nitrogens with one attached hydrogen (secondary N) is 2. The zero-order valence-corrected chi connectivity index (χ0v) is 15.3. The van der Waals surface area contributed by atoms with Crippen molar-refractivity contribution in [1.29, 1.82) is 0 Å². The normalized spacial score (nSPS) is 11.1. The molecule has 0 spiro atoms. The van der Waals surface area contributed by atoms with E-state index in [-0.39, 0.29) is 22.9 Å². The third kappa shape index (κ3) is 4.04. The summed E-state index contributed by atoms with van der Waals surface area (Å²) in [6, 6.07) is 10.2. The summed E-state index contributed by atoms with van der Waals surface area (Å²) in [5, 5.41) is 5.59. The molecule has 8 heteroatoms. The van der Waals surface area contributed by atoms with Gasteiger partial charge in [-0.3, -0.25) is 5.32 Å². The molecule has 0 unspecified atom stereocenters. The number of aromatic amines is 1. The topological polar surface area (TPSA) is 68.0 Å². The maximum atomic E-state index is 13.5. The monoisotopic (exact) mass is 382 g/mol. The number of hydrogen-bond acceptors (Lipinski definition) is 3. The molecule has 0 aliphatic rings. The van der Waals surface area contributed by atoms with E-state index in [4.69, 9.17) is 6.57 Å². The first-order chi connectivity index (χ1) is 13.3. The summed E-state index contributed by atoms with van der Waals surface area (Å²) < 4.78 is 27.0. The van der Waals surface area contributed by atoms with Crippen LogP contribution in [0.4, 0.5) is 20.4 Å². The van der Waals surface area contributed by atoms with Crippen molar-refractivity contribution in [3.05, 3.63) is 82.2 Å². The lowest BCUT2D eigenvalue weighted by Gasteiger charge is -2.23. The molecule has 28 heavy (non-hydrogen) atoms. The quantitative estimate of drug-likeness (QED) is 0.513. The molecule has 3 aromatic rings. The minimum atomic E-state index is -0.622. The SMILES string of the molecule is [C-]#[N+]c1cc(-c2cnc(NCC(C)(C)c3ccc(F)cc3)[n+](=O)[nH]2)ccc1F. The third-order valence-electron chi connectivity index (χ3n) is 4.42. The fraction of sp³-hybridized carbons (Fsp3) is 0.200. The maximum Gasteiger partial charge on any atom is 0.452 e. The summed E-state index contributed by atoms with van der Waals surface area (Å²) in [5.74, 6) is -0.867. The van der Waals surface area contributed by atoms with Crippen LogP contribution in [0.3, 0.4) is 0 Å². The Kier molecular flexibility index (Phi) is 5.18. The fourth-order valence-corrected chi connectivity index (χ4v) is 2.69. The summed E-state index contributed by atoms with van der Waals surface area (Å²) >= 11 is 0. The van der Waals surface area contributed by atoms with Gasteiger partial charge in [0.15, 0.2) is 0 Å². The second-order valence-corrected chi connectivity index (χ2v) is 6.92. The van der Waals surface area contributed by atoms with Gasteiger partial charge in [0.2, 0.25) is 5.69 Å². The summed E-state index contributed by atoms with van der Waals surface area (Å²) in [6.07, 6.45) is 1.43. The van der Waals surface area contributed by atoms with E-state index in [1.54, 1.807) is 12.1 Å². The lowest BCUT2D eigenvalue weighted by Crippen LogP contribution is -2.33. The zero-order chi connectivity index (χ0) is 20.3. The molecule has 0 radical (unpaired) electrons. The van der Waals surface area contributed by atoms with Crippen molar-refractivity contribution in [1.82, 2.24) is 10.1 Å². The number of aromatic nitrogens is 3. The van der Waals surface area contributed by atoms with Gasteiger partial charge in [-0.2, -0.15) is 0 Å². The van der Waals surface area contributed by atoms with Gasteiger partial charge >= 0.3 is 5.95 Å². The van der Waals surface area contributed by atoms with Crippen LogP contribution in [0.1, 0.15) is 19.4 Å². The van der Waals surface area contributed by atoms with E-state index in [0.29, 0.717) is 22.3 Å². The van der Waals surface area contributed by atoms with Crippen LogP contribution in [0, 0.1) is 23.1 Å². The molecule has 0 amide bonds. The highest BCUT2D eigenvalue weighted by Gasteiger charge is 2.24. The molecule has 6 nitrogen and oxygen atoms in total. The van der Waals surface area contributed by atoms with Crippen molar-refractivity contribution in [3.8, 4) is 11.3 Å². The number of halogens is 2. The Morgan fingerprint density at radius 3 is 2.57 bits per heavy atom. The van der Waals surface area contributed by atoms with E-state index in [1.807, 2.05) is 13.8 Å². The van der Waals surface area contributed by atoms with Crippen molar-refractivity contribution >= 4 is 11.6 Å². The standard InChI is InChI=1S/C20H18F2N5O/c1-20(2,14-5-7-15(21)8-6-14)12-25-19-24-11-18(26-27(19)28)13-4-9-16(22)17(10-13)23-3/h4-11H,12H2,1-2H3,(H,24,25)(H,26,28)/q+1. The summed E-state index contributed by atoms with van der Waals surface area (Å²) in [7, 11) is 0. The number of benzene rings is 2. The molecule has 142 valence electrons. The third-order valence-corrected chi connectivity index (χ3v) is 4.42. The van der Waals surface area contributed by atoms with Crippen LogP contribution in [0.15, 0.2) is 48.7 Å². The molecule has 0 saturated carbocycles. The Morgan fingerprint density at radius 1 is 1.21 bits per heavy atom. The molecule has 0 saturated heterocycles. The Bertz CT molecular complexity index is 1100. The van der Waals surface area contributed by atoms with E-state index in [9.17, 15) is 13.7 Å². The van der Waals surface area contributed by atoms with Crippen LogP contribution >= 0.6 is 0 Å². The van der Waals surface area contributed by atoms with Crippen molar-refractivity contribution < 1.29 is 13.3 Å². The van der Waals surface area contributed by atoms with Gasteiger partial charge in [-0.05, 0) is 35.4 Å². The Labute approximate surface area is 160 Å². The van der Waals surface area contributed by atoms with Crippen molar-refractivity contribution in [3.63, 3.8) is 0 Å². The number of hydrogen-bond donors (Lipinski definition) is 2. The van der Waals surface area contributed by atoms with Gasteiger partial charge in [0.1, 0.15) is 23.5 Å². The molecule has 1 aromatic heterocycles. The highest BCUT2D eigenvalue weighted by Crippen LogP contribution is 2.25. The second-order valence-electron chi connectivity index (χ2n) is 6.92. The van der Waals surface area contributed by atoms with Gasteiger partial charge < -0.3 is 0 Å². The lowest BCUT2D eigenvalue weighted by molar-refractivity contribution is -0.551. The van der Waals surface area contributed by atoms with E-state index < -0.39 is 5.82 Å². The molecular weight excluding hydrogens is 364 g/mol. The maximum absolute atomic E-state index is 13.5. The average molecular weight is 382 g/mol. The van der Waals surface area contributed by atoms with Crippen LogP contribution in [0.2, 0.25) is 0 Å². The summed E-state index contributed by atoms with van der Waals surface area (Å²) in [6.45, 7) is 11.3. The first-order valence-corrected chi connectivity index (χ1v) is 8.49. The van der Waals surface area contributed by atoms with Crippen LogP contribution < -0.4 is 9.86 Å². The first kappa shape index (κ1) is 19.2. The van der Waals surface area contributed by atoms with Crippen molar-refractivity contribution in [2.45, 2.75) is 19.3 Å². The second kappa shape index (κ2) is 7.56. The van der Waals surface area contributed by atoms with E-state index in [2.05, 4.69) is 20.2 Å². The highest BCUT2D eigenvalue weighted by atomic mass is 19.1. The van der Waals surface area contributed by atoms with E-state index in [1.165, 1.54) is 36.5 Å². The summed E-state index contributed by atoms with van der Waals surface area (Å²) in [4.78, 5) is 19.5. The molecule has 1 heterocycles. The predicted molar refractivity (Wildman–Crippen MR) is 102 cm³/mol. The predicted octanol–water partition coefficient (Wildman–Crippen LogP) is 4.21. The number of nitrogens with zero attached hydrogens (tertiary/aromatic N) is 3. The van der Waals surface area contributed by atoms with E-state index >= 15 is 0 Å². The number of anilines is 1. The van der Waals surface area contributed by atoms with Crippen LogP contribution in [-0.2, 0) is 5.41 Å².